The van der Waals surface area contributed by atoms with Gasteiger partial charge in [-0.2, -0.15) is 0 Å². The molecule has 2 aromatic heterocycles. The van der Waals surface area contributed by atoms with Crippen LogP contribution < -0.4 is 4.90 Å². The molecular formula is C20H21N5O3S. The lowest BCUT2D eigenvalue weighted by Crippen LogP contribution is -2.48. The van der Waals surface area contributed by atoms with E-state index in [0.29, 0.717) is 31.7 Å². The first-order valence-electron chi connectivity index (χ1n) is 9.33. The number of amides is 1. The first-order valence-corrected chi connectivity index (χ1v) is 10.2. The van der Waals surface area contributed by atoms with Crippen LogP contribution in [0.4, 0.5) is 11.4 Å². The van der Waals surface area contributed by atoms with Crippen LogP contribution in [0.15, 0.2) is 41.9 Å². The average Bonchev–Trinajstić information content (AvgIpc) is 3.35. The van der Waals surface area contributed by atoms with Gasteiger partial charge in [0.15, 0.2) is 5.13 Å². The Bertz CT molecular complexity index is 1050. The van der Waals surface area contributed by atoms with E-state index in [2.05, 4.69) is 9.88 Å². The third-order valence-electron chi connectivity index (χ3n) is 5.24. The van der Waals surface area contributed by atoms with Crippen molar-refractivity contribution in [2.75, 3.05) is 31.1 Å². The molecular weight excluding hydrogens is 390 g/mol. The normalized spacial score (nSPS) is 14.3. The van der Waals surface area contributed by atoms with E-state index in [1.807, 2.05) is 40.8 Å². The number of rotatable bonds is 4. The van der Waals surface area contributed by atoms with E-state index in [-0.39, 0.29) is 16.5 Å². The molecule has 29 heavy (non-hydrogen) atoms. The molecule has 0 spiro atoms. The molecule has 0 aliphatic carbocycles. The van der Waals surface area contributed by atoms with E-state index in [4.69, 9.17) is 0 Å². The number of carbonyl (C=O) groups is 1. The summed E-state index contributed by atoms with van der Waals surface area (Å²) in [5.74, 6) is 0.0135. The largest absolute Gasteiger partial charge is 0.368 e. The number of aromatic nitrogens is 2. The minimum Gasteiger partial charge on any atom is -0.368 e. The average molecular weight is 411 g/mol. The summed E-state index contributed by atoms with van der Waals surface area (Å²) in [5.41, 5.74) is 3.46. The van der Waals surface area contributed by atoms with Crippen molar-refractivity contribution in [2.24, 2.45) is 0 Å². The number of aryl methyl sites for hydroxylation is 1. The fourth-order valence-electron chi connectivity index (χ4n) is 3.74. The molecule has 3 aromatic rings. The predicted octanol–water partition coefficient (Wildman–Crippen LogP) is 3.42. The van der Waals surface area contributed by atoms with E-state index in [9.17, 15) is 14.9 Å². The second-order valence-electron chi connectivity index (χ2n) is 6.99. The number of benzene rings is 1. The Labute approximate surface area is 172 Å². The summed E-state index contributed by atoms with van der Waals surface area (Å²) in [6.45, 7) is 6.34. The molecule has 0 atom stereocenters. The molecule has 0 unspecified atom stereocenters. The zero-order chi connectivity index (χ0) is 20.5. The maximum atomic E-state index is 13.1. The van der Waals surface area contributed by atoms with Crippen molar-refractivity contribution in [3.8, 4) is 5.13 Å². The molecule has 9 heteroatoms. The number of non-ortho nitro benzene ring substituents is 1. The zero-order valence-electron chi connectivity index (χ0n) is 16.2. The number of nitro benzene ring substituents is 1. The van der Waals surface area contributed by atoms with Gasteiger partial charge in [-0.05, 0) is 26.0 Å². The van der Waals surface area contributed by atoms with Crippen LogP contribution in [0.25, 0.3) is 5.13 Å². The number of carbonyl (C=O) groups excluding carboxylic acids is 1. The Hall–Kier alpha value is -3.20. The molecule has 150 valence electrons. The Kier molecular flexibility index (Phi) is 5.06. The van der Waals surface area contributed by atoms with Gasteiger partial charge in [0.05, 0.1) is 10.5 Å². The second-order valence-corrected chi connectivity index (χ2v) is 7.86. The van der Waals surface area contributed by atoms with Crippen molar-refractivity contribution in [3.05, 3.63) is 69.0 Å². The highest BCUT2D eigenvalue weighted by molar-refractivity contribution is 7.12. The lowest BCUT2D eigenvalue weighted by molar-refractivity contribution is -0.384. The lowest BCUT2D eigenvalue weighted by Gasteiger charge is -2.36. The quantitative estimate of drug-likeness (QED) is 0.485. The summed E-state index contributed by atoms with van der Waals surface area (Å²) in [6, 6.07) is 8.55. The Morgan fingerprint density at radius 1 is 1.17 bits per heavy atom. The molecule has 4 rings (SSSR count). The van der Waals surface area contributed by atoms with Gasteiger partial charge in [-0.3, -0.25) is 19.5 Å². The monoisotopic (exact) mass is 411 g/mol. The number of piperazine rings is 1. The maximum absolute atomic E-state index is 13.1. The summed E-state index contributed by atoms with van der Waals surface area (Å²) in [7, 11) is 0. The molecule has 1 aromatic carbocycles. The topological polar surface area (TPSA) is 84.5 Å². The molecule has 1 aliphatic rings. The number of nitrogens with zero attached hydrogens (tertiary/aromatic N) is 5. The minimum atomic E-state index is -0.387. The van der Waals surface area contributed by atoms with Gasteiger partial charge >= 0.3 is 0 Å². The van der Waals surface area contributed by atoms with Gasteiger partial charge < -0.3 is 9.80 Å². The van der Waals surface area contributed by atoms with Crippen molar-refractivity contribution in [2.45, 2.75) is 13.8 Å². The molecule has 3 heterocycles. The SMILES string of the molecule is Cc1cc(C(=O)N2CCN(c3cccc([N+](=O)[O-])c3)CC2)c(C)n1-c1nccs1. The van der Waals surface area contributed by atoms with Crippen LogP contribution in [-0.4, -0.2) is 51.5 Å². The van der Waals surface area contributed by atoms with Gasteiger partial charge in [-0.1, -0.05) is 6.07 Å². The Morgan fingerprint density at radius 2 is 1.93 bits per heavy atom. The van der Waals surface area contributed by atoms with Crippen molar-refractivity contribution in [1.82, 2.24) is 14.5 Å². The van der Waals surface area contributed by atoms with Crippen molar-refractivity contribution < 1.29 is 9.72 Å². The van der Waals surface area contributed by atoms with Crippen LogP contribution in [0.2, 0.25) is 0 Å². The standard InChI is InChI=1S/C20H21N5O3S/c1-14-12-18(15(2)24(14)20-21-6-11-29-20)19(26)23-9-7-22(8-10-23)16-4-3-5-17(13-16)25(27)28/h3-6,11-13H,7-10H2,1-2H3. The van der Waals surface area contributed by atoms with E-state index in [1.54, 1.807) is 18.3 Å². The van der Waals surface area contributed by atoms with Crippen LogP contribution in [-0.2, 0) is 0 Å². The van der Waals surface area contributed by atoms with E-state index < -0.39 is 0 Å². The van der Waals surface area contributed by atoms with Crippen LogP contribution in [0.3, 0.4) is 0 Å². The summed E-state index contributed by atoms with van der Waals surface area (Å²) in [4.78, 5) is 32.0. The van der Waals surface area contributed by atoms with E-state index in [0.717, 1.165) is 22.2 Å². The van der Waals surface area contributed by atoms with Gasteiger partial charge in [-0.25, -0.2) is 4.98 Å². The molecule has 8 nitrogen and oxygen atoms in total. The Morgan fingerprint density at radius 3 is 2.59 bits per heavy atom. The van der Waals surface area contributed by atoms with Gasteiger partial charge in [0.25, 0.3) is 11.6 Å². The number of thiazole rings is 1. The van der Waals surface area contributed by atoms with Crippen molar-refractivity contribution in [1.29, 1.82) is 0 Å². The number of hydrogen-bond acceptors (Lipinski definition) is 6. The van der Waals surface area contributed by atoms with Gasteiger partial charge in [0.2, 0.25) is 0 Å². The molecule has 1 fully saturated rings. The van der Waals surface area contributed by atoms with E-state index >= 15 is 0 Å². The van der Waals surface area contributed by atoms with Crippen LogP contribution >= 0.6 is 11.3 Å². The predicted molar refractivity (Wildman–Crippen MR) is 112 cm³/mol. The minimum absolute atomic E-state index is 0.0135. The molecule has 0 saturated carbocycles. The third-order valence-corrected chi connectivity index (χ3v) is 6.00. The van der Waals surface area contributed by atoms with Gasteiger partial charge in [0.1, 0.15) is 0 Å². The molecule has 0 radical (unpaired) electrons. The van der Waals surface area contributed by atoms with Crippen LogP contribution in [0.1, 0.15) is 21.7 Å². The summed E-state index contributed by atoms with van der Waals surface area (Å²) in [6.07, 6.45) is 1.76. The maximum Gasteiger partial charge on any atom is 0.271 e. The Balaban J connectivity index is 1.48. The highest BCUT2D eigenvalue weighted by Crippen LogP contribution is 2.25. The number of nitro groups is 1. The van der Waals surface area contributed by atoms with Gasteiger partial charge in [0, 0.05) is 67.0 Å². The second kappa shape index (κ2) is 7.67. The van der Waals surface area contributed by atoms with E-state index in [1.165, 1.54) is 17.4 Å². The molecule has 1 amide bonds. The molecule has 0 bridgehead atoms. The highest BCUT2D eigenvalue weighted by Gasteiger charge is 2.26. The fourth-order valence-corrected chi connectivity index (χ4v) is 4.49. The highest BCUT2D eigenvalue weighted by atomic mass is 32.1. The van der Waals surface area contributed by atoms with Crippen molar-refractivity contribution >= 4 is 28.6 Å². The van der Waals surface area contributed by atoms with Crippen LogP contribution in [0, 0.1) is 24.0 Å². The summed E-state index contributed by atoms with van der Waals surface area (Å²) in [5, 5.41) is 13.8. The first kappa shape index (κ1) is 19.1. The first-order chi connectivity index (χ1) is 14.0. The fraction of sp³-hybridized carbons (Fsp3) is 0.300. The number of anilines is 1. The number of hydrogen-bond donors (Lipinski definition) is 0. The third kappa shape index (κ3) is 3.61. The smallest absolute Gasteiger partial charge is 0.271 e. The molecule has 0 N–H and O–H groups in total. The summed E-state index contributed by atoms with van der Waals surface area (Å²) >= 11 is 1.54. The molecule has 1 saturated heterocycles. The molecule has 1 aliphatic heterocycles. The van der Waals surface area contributed by atoms with Crippen LogP contribution in [0.5, 0.6) is 0 Å². The zero-order valence-corrected chi connectivity index (χ0v) is 17.1. The van der Waals surface area contributed by atoms with Gasteiger partial charge in [-0.15, -0.1) is 11.3 Å². The van der Waals surface area contributed by atoms with Crippen molar-refractivity contribution in [3.63, 3.8) is 0 Å². The lowest BCUT2D eigenvalue weighted by atomic mass is 10.2. The summed E-state index contributed by atoms with van der Waals surface area (Å²) < 4.78 is 2.01.